The molecule has 2 N–H and O–H groups in total. The Balaban J connectivity index is 2.04. The van der Waals surface area contributed by atoms with Gasteiger partial charge in [-0.2, -0.15) is 5.10 Å². The van der Waals surface area contributed by atoms with Crippen LogP contribution in [0.3, 0.4) is 0 Å². The maximum absolute atomic E-state index is 11.3. The van der Waals surface area contributed by atoms with Crippen molar-refractivity contribution in [2.75, 3.05) is 19.6 Å². The summed E-state index contributed by atoms with van der Waals surface area (Å²) >= 11 is 0. The van der Waals surface area contributed by atoms with Crippen LogP contribution in [0, 0.1) is 0 Å². The number of carbonyl (C=O) groups is 1. The lowest BCUT2D eigenvalue weighted by Gasteiger charge is -2.30. The van der Waals surface area contributed by atoms with Crippen molar-refractivity contribution in [3.05, 3.63) is 17.5 Å². The Hall–Kier alpha value is -1.40. The van der Waals surface area contributed by atoms with Crippen LogP contribution in [0.15, 0.2) is 6.20 Å². The molecule has 1 aliphatic heterocycles. The predicted octanol–water partition coefficient (Wildman–Crippen LogP) is 1.47. The molecule has 0 saturated carbocycles. The average Bonchev–Trinajstić information content (AvgIpc) is 2.82. The first-order valence-corrected chi connectivity index (χ1v) is 7.81. The molecule has 1 fully saturated rings. The first-order chi connectivity index (χ1) is 10.1. The number of aromatic carboxylic acids is 1. The summed E-state index contributed by atoms with van der Waals surface area (Å²) in [5, 5.41) is 16.9. The number of aryl methyl sites for hydroxylation is 1. The summed E-state index contributed by atoms with van der Waals surface area (Å²) < 4.78 is 1.68. The Morgan fingerprint density at radius 3 is 3.00 bits per heavy atom. The van der Waals surface area contributed by atoms with Crippen LogP contribution in [0.1, 0.15) is 48.7 Å². The zero-order valence-electron chi connectivity index (χ0n) is 13.0. The van der Waals surface area contributed by atoms with E-state index in [1.165, 1.54) is 25.5 Å². The van der Waals surface area contributed by atoms with Crippen molar-refractivity contribution >= 4 is 5.97 Å². The molecule has 1 aromatic heterocycles. The molecule has 0 amide bonds. The normalized spacial score (nSPS) is 19.1. The molecular formula is C15H26N4O2. The number of hydrogen-bond donors (Lipinski definition) is 2. The number of carboxylic acid groups (broad SMARTS) is 1. The molecule has 1 atom stereocenters. The fraction of sp³-hybridized carbons (Fsp3) is 0.733. The average molecular weight is 294 g/mol. The predicted molar refractivity (Wildman–Crippen MR) is 81.4 cm³/mol. The lowest BCUT2D eigenvalue weighted by Crippen LogP contribution is -2.44. The summed E-state index contributed by atoms with van der Waals surface area (Å²) in [6.07, 6.45) is 6.25. The topological polar surface area (TPSA) is 70.4 Å². The standard InChI is InChI=1S/C15H26N4O2/c1-3-8-19(10-12-6-4-5-7-16-12)11-14-13(15(20)21)9-17-18(14)2/h9,12,16H,3-8,10-11H2,1-2H3,(H,20,21). The number of aromatic nitrogens is 2. The van der Waals surface area contributed by atoms with Gasteiger partial charge >= 0.3 is 5.97 Å². The number of piperidine rings is 1. The lowest BCUT2D eigenvalue weighted by atomic mass is 10.0. The van der Waals surface area contributed by atoms with Crippen LogP contribution in [-0.2, 0) is 13.6 Å². The molecule has 2 rings (SSSR count). The minimum atomic E-state index is -0.898. The molecule has 0 bridgehead atoms. The van der Waals surface area contributed by atoms with Gasteiger partial charge < -0.3 is 10.4 Å². The van der Waals surface area contributed by atoms with E-state index in [0.717, 1.165) is 31.7 Å². The summed E-state index contributed by atoms with van der Waals surface area (Å²) in [6.45, 7) is 5.84. The van der Waals surface area contributed by atoms with E-state index in [-0.39, 0.29) is 0 Å². The van der Waals surface area contributed by atoms with Crippen LogP contribution in [0.4, 0.5) is 0 Å². The zero-order chi connectivity index (χ0) is 15.2. The maximum Gasteiger partial charge on any atom is 0.339 e. The molecule has 0 aliphatic carbocycles. The van der Waals surface area contributed by atoms with Crippen LogP contribution < -0.4 is 5.32 Å². The third-order valence-corrected chi connectivity index (χ3v) is 4.10. The molecule has 0 aromatic carbocycles. The fourth-order valence-electron chi connectivity index (χ4n) is 2.98. The van der Waals surface area contributed by atoms with Gasteiger partial charge in [0.25, 0.3) is 0 Å². The Morgan fingerprint density at radius 1 is 1.57 bits per heavy atom. The summed E-state index contributed by atoms with van der Waals surface area (Å²) in [4.78, 5) is 13.6. The summed E-state index contributed by atoms with van der Waals surface area (Å²) in [6, 6.07) is 0.520. The monoisotopic (exact) mass is 294 g/mol. The molecule has 118 valence electrons. The highest BCUT2D eigenvalue weighted by Gasteiger charge is 2.21. The van der Waals surface area contributed by atoms with E-state index in [1.54, 1.807) is 4.68 Å². The van der Waals surface area contributed by atoms with E-state index in [0.29, 0.717) is 18.2 Å². The molecule has 6 nitrogen and oxygen atoms in total. The third kappa shape index (κ3) is 4.28. The van der Waals surface area contributed by atoms with Gasteiger partial charge in [-0.05, 0) is 32.4 Å². The summed E-state index contributed by atoms with van der Waals surface area (Å²) in [5.74, 6) is -0.898. The first-order valence-electron chi connectivity index (χ1n) is 7.81. The van der Waals surface area contributed by atoms with E-state index >= 15 is 0 Å². The highest BCUT2D eigenvalue weighted by molar-refractivity contribution is 5.88. The highest BCUT2D eigenvalue weighted by atomic mass is 16.4. The second-order valence-electron chi connectivity index (χ2n) is 5.82. The fourth-order valence-corrected chi connectivity index (χ4v) is 2.98. The van der Waals surface area contributed by atoms with E-state index in [4.69, 9.17) is 0 Å². The molecule has 1 saturated heterocycles. The number of hydrogen-bond acceptors (Lipinski definition) is 4. The van der Waals surface area contributed by atoms with Crippen molar-refractivity contribution in [2.45, 2.75) is 45.2 Å². The molecule has 1 aromatic rings. The molecule has 1 unspecified atom stereocenters. The van der Waals surface area contributed by atoms with Crippen molar-refractivity contribution in [1.29, 1.82) is 0 Å². The van der Waals surface area contributed by atoms with Gasteiger partial charge in [0.15, 0.2) is 0 Å². The summed E-state index contributed by atoms with van der Waals surface area (Å²) in [7, 11) is 1.81. The van der Waals surface area contributed by atoms with E-state index < -0.39 is 5.97 Å². The molecule has 0 spiro atoms. The van der Waals surface area contributed by atoms with Gasteiger partial charge in [-0.25, -0.2) is 4.79 Å². The van der Waals surface area contributed by atoms with Crippen LogP contribution in [0.5, 0.6) is 0 Å². The van der Waals surface area contributed by atoms with E-state index in [2.05, 4.69) is 22.2 Å². The quantitative estimate of drug-likeness (QED) is 0.797. The Morgan fingerprint density at radius 2 is 2.38 bits per heavy atom. The van der Waals surface area contributed by atoms with E-state index in [1.807, 2.05) is 7.05 Å². The lowest BCUT2D eigenvalue weighted by molar-refractivity contribution is 0.0694. The van der Waals surface area contributed by atoms with Crippen LogP contribution in [0.25, 0.3) is 0 Å². The van der Waals surface area contributed by atoms with Gasteiger partial charge in [-0.1, -0.05) is 13.3 Å². The second-order valence-corrected chi connectivity index (χ2v) is 5.82. The van der Waals surface area contributed by atoms with Crippen LogP contribution >= 0.6 is 0 Å². The van der Waals surface area contributed by atoms with Gasteiger partial charge in [0, 0.05) is 26.2 Å². The minimum Gasteiger partial charge on any atom is -0.478 e. The van der Waals surface area contributed by atoms with Gasteiger partial charge in [0.2, 0.25) is 0 Å². The maximum atomic E-state index is 11.3. The van der Waals surface area contributed by atoms with Crippen molar-refractivity contribution in [3.63, 3.8) is 0 Å². The Bertz CT molecular complexity index is 466. The Kier molecular flexibility index (Phi) is 5.76. The Labute approximate surface area is 126 Å². The zero-order valence-corrected chi connectivity index (χ0v) is 13.0. The number of rotatable bonds is 7. The third-order valence-electron chi connectivity index (χ3n) is 4.10. The number of nitrogens with zero attached hydrogens (tertiary/aromatic N) is 3. The van der Waals surface area contributed by atoms with E-state index in [9.17, 15) is 9.90 Å². The van der Waals surface area contributed by atoms with Crippen LogP contribution in [0.2, 0.25) is 0 Å². The van der Waals surface area contributed by atoms with Gasteiger partial charge in [0.1, 0.15) is 5.56 Å². The smallest absolute Gasteiger partial charge is 0.339 e. The highest BCUT2D eigenvalue weighted by Crippen LogP contribution is 2.14. The first kappa shape index (κ1) is 16.0. The van der Waals surface area contributed by atoms with Gasteiger partial charge in [-0.3, -0.25) is 9.58 Å². The number of nitrogens with one attached hydrogen (secondary N) is 1. The van der Waals surface area contributed by atoms with Crippen LogP contribution in [-0.4, -0.2) is 51.4 Å². The van der Waals surface area contributed by atoms with Crippen molar-refractivity contribution in [2.24, 2.45) is 7.05 Å². The molecule has 2 heterocycles. The number of carboxylic acids is 1. The minimum absolute atomic E-state index is 0.315. The van der Waals surface area contributed by atoms with Crippen molar-refractivity contribution in [1.82, 2.24) is 20.0 Å². The molecule has 0 radical (unpaired) electrons. The largest absolute Gasteiger partial charge is 0.478 e. The van der Waals surface area contributed by atoms with Gasteiger partial charge in [0.05, 0.1) is 11.9 Å². The molecular weight excluding hydrogens is 268 g/mol. The second kappa shape index (κ2) is 7.56. The molecule has 6 heteroatoms. The summed E-state index contributed by atoms with van der Waals surface area (Å²) in [5.41, 5.74) is 1.10. The molecule has 1 aliphatic rings. The van der Waals surface area contributed by atoms with Crippen molar-refractivity contribution < 1.29 is 9.90 Å². The molecule has 21 heavy (non-hydrogen) atoms. The van der Waals surface area contributed by atoms with Crippen molar-refractivity contribution in [3.8, 4) is 0 Å². The van der Waals surface area contributed by atoms with Gasteiger partial charge in [-0.15, -0.1) is 0 Å². The SMILES string of the molecule is CCCN(Cc1c(C(=O)O)cnn1C)CC1CCCCN1.